The molecule has 29 heavy (non-hydrogen) atoms. The number of carbonyl (C=O) groups is 1. The van der Waals surface area contributed by atoms with Crippen LogP contribution in [-0.4, -0.2) is 52.0 Å². The summed E-state index contributed by atoms with van der Waals surface area (Å²) < 4.78 is 41.3. The summed E-state index contributed by atoms with van der Waals surface area (Å²) in [6, 6.07) is 12.5. The number of benzene rings is 2. The van der Waals surface area contributed by atoms with Gasteiger partial charge in [0.15, 0.2) is 0 Å². The van der Waals surface area contributed by atoms with Crippen molar-refractivity contribution >= 4 is 15.9 Å². The second kappa shape index (κ2) is 9.45. The van der Waals surface area contributed by atoms with Gasteiger partial charge < -0.3 is 10.1 Å². The third kappa shape index (κ3) is 6.33. The van der Waals surface area contributed by atoms with Crippen molar-refractivity contribution in [3.8, 4) is 0 Å². The number of nitrogens with one attached hydrogen (secondary N) is 1. The Morgan fingerprint density at radius 3 is 2.52 bits per heavy atom. The maximum Gasteiger partial charge on any atom is 0.238 e. The molecule has 1 aliphatic heterocycles. The molecule has 1 fully saturated rings. The number of sulfonamides is 1. The van der Waals surface area contributed by atoms with Crippen LogP contribution >= 0.6 is 0 Å². The Labute approximate surface area is 169 Å². The van der Waals surface area contributed by atoms with Crippen LogP contribution in [0.25, 0.3) is 0 Å². The summed E-state index contributed by atoms with van der Waals surface area (Å²) in [7, 11) is -3.70. The molecule has 0 saturated carbocycles. The van der Waals surface area contributed by atoms with Gasteiger partial charge in [0.05, 0.1) is 24.2 Å². The lowest BCUT2D eigenvalue weighted by molar-refractivity contribution is -0.124. The lowest BCUT2D eigenvalue weighted by atomic mass is 10.1. The molecule has 1 atom stereocenters. The molecule has 0 aromatic heterocycles. The minimum absolute atomic E-state index is 0.0633. The topological polar surface area (TPSA) is 102 Å². The highest BCUT2D eigenvalue weighted by molar-refractivity contribution is 7.89. The highest BCUT2D eigenvalue weighted by Crippen LogP contribution is 2.22. The fourth-order valence-corrected chi connectivity index (χ4v) is 3.69. The van der Waals surface area contributed by atoms with Crippen molar-refractivity contribution in [2.24, 2.45) is 5.14 Å². The summed E-state index contributed by atoms with van der Waals surface area (Å²) in [6.45, 7) is 2.42. The van der Waals surface area contributed by atoms with Crippen molar-refractivity contribution < 1.29 is 22.3 Å². The van der Waals surface area contributed by atoms with E-state index in [-0.39, 0.29) is 29.3 Å². The Morgan fingerprint density at radius 1 is 1.17 bits per heavy atom. The molecule has 1 unspecified atom stereocenters. The van der Waals surface area contributed by atoms with Crippen LogP contribution < -0.4 is 10.5 Å². The molecule has 0 aliphatic carbocycles. The summed E-state index contributed by atoms with van der Waals surface area (Å²) in [5.74, 6) is -0.383. The monoisotopic (exact) mass is 421 g/mol. The minimum atomic E-state index is -3.70. The van der Waals surface area contributed by atoms with Crippen LogP contribution in [0.2, 0.25) is 0 Å². The first-order chi connectivity index (χ1) is 13.8. The highest BCUT2D eigenvalue weighted by atomic mass is 32.2. The van der Waals surface area contributed by atoms with Crippen LogP contribution in [0.1, 0.15) is 17.2 Å². The molecule has 1 heterocycles. The molecule has 156 valence electrons. The zero-order valence-electron chi connectivity index (χ0n) is 15.9. The Hall–Kier alpha value is -2.33. The molecular formula is C20H24FN3O4S. The lowest BCUT2D eigenvalue weighted by Crippen LogP contribution is -2.44. The summed E-state index contributed by atoms with van der Waals surface area (Å²) in [5, 5.41) is 7.95. The molecule has 1 amide bonds. The Kier molecular flexibility index (Phi) is 6.96. The molecule has 3 N–H and O–H groups in total. The number of halogens is 1. The van der Waals surface area contributed by atoms with E-state index >= 15 is 0 Å². The van der Waals surface area contributed by atoms with Crippen molar-refractivity contribution in [3.05, 3.63) is 65.5 Å². The van der Waals surface area contributed by atoms with Gasteiger partial charge in [0.2, 0.25) is 15.9 Å². The first-order valence-corrected chi connectivity index (χ1v) is 10.8. The number of morpholine rings is 1. The third-order valence-electron chi connectivity index (χ3n) is 4.75. The van der Waals surface area contributed by atoms with E-state index in [1.54, 1.807) is 24.3 Å². The van der Waals surface area contributed by atoms with Crippen molar-refractivity contribution in [3.63, 3.8) is 0 Å². The van der Waals surface area contributed by atoms with Crippen LogP contribution in [0.3, 0.4) is 0 Å². The Balaban J connectivity index is 1.43. The zero-order chi connectivity index (χ0) is 20.9. The quantitative estimate of drug-likeness (QED) is 0.700. The highest BCUT2D eigenvalue weighted by Gasteiger charge is 2.23. The predicted molar refractivity (Wildman–Crippen MR) is 106 cm³/mol. The third-order valence-corrected chi connectivity index (χ3v) is 5.68. The number of ether oxygens (including phenoxy) is 1. The number of rotatable bonds is 7. The Morgan fingerprint density at radius 2 is 1.86 bits per heavy atom. The van der Waals surface area contributed by atoms with Gasteiger partial charge >= 0.3 is 0 Å². The fourth-order valence-electron chi connectivity index (χ4n) is 3.18. The van der Waals surface area contributed by atoms with Crippen LogP contribution in [0.15, 0.2) is 53.4 Å². The molecule has 0 spiro atoms. The molecule has 0 radical (unpaired) electrons. The number of hydrogen-bond acceptors (Lipinski definition) is 5. The molecular weight excluding hydrogens is 397 g/mol. The molecule has 2 aromatic rings. The van der Waals surface area contributed by atoms with Crippen molar-refractivity contribution in [1.82, 2.24) is 10.2 Å². The number of carbonyl (C=O) groups excluding carboxylic acids is 1. The summed E-state index contributed by atoms with van der Waals surface area (Å²) in [6.07, 6.45) is 0.396. The van der Waals surface area contributed by atoms with E-state index in [0.717, 1.165) is 11.1 Å². The van der Waals surface area contributed by atoms with Gasteiger partial charge in [0, 0.05) is 19.6 Å². The van der Waals surface area contributed by atoms with E-state index in [0.29, 0.717) is 32.7 Å². The fraction of sp³-hybridized carbons (Fsp3) is 0.350. The number of amides is 1. The predicted octanol–water partition coefficient (Wildman–Crippen LogP) is 1.21. The summed E-state index contributed by atoms with van der Waals surface area (Å²) in [4.78, 5) is 14.3. The lowest BCUT2D eigenvalue weighted by Gasteiger charge is -2.32. The molecule has 7 nitrogen and oxygen atoms in total. The molecule has 1 saturated heterocycles. The maximum absolute atomic E-state index is 13.1. The number of hydrogen-bond donors (Lipinski definition) is 2. The van der Waals surface area contributed by atoms with Gasteiger partial charge in [-0.2, -0.15) is 0 Å². The second-order valence-electron chi connectivity index (χ2n) is 6.94. The molecule has 2 aromatic carbocycles. The number of primary sulfonamides is 1. The zero-order valence-corrected chi connectivity index (χ0v) is 16.7. The molecule has 0 bridgehead atoms. The Bertz CT molecular complexity index is 933. The second-order valence-corrected chi connectivity index (χ2v) is 8.50. The van der Waals surface area contributed by atoms with Crippen LogP contribution in [0.4, 0.5) is 4.39 Å². The standard InChI is InChI=1S/C20H24FN3O4S/c21-17-5-3-16(4-6-17)19-13-24(11-12-28-19)14-20(25)23-10-9-15-1-7-18(8-2-15)29(22,26)27/h1-8,19H,9-14H2,(H,23,25)(H2,22,26,27). The molecule has 9 heteroatoms. The van der Waals surface area contributed by atoms with Gasteiger partial charge in [-0.3, -0.25) is 9.69 Å². The van der Waals surface area contributed by atoms with Crippen molar-refractivity contribution in [1.29, 1.82) is 0 Å². The SMILES string of the molecule is NS(=O)(=O)c1ccc(CCNC(=O)CN2CCOC(c3ccc(F)cc3)C2)cc1. The normalized spacial score (nSPS) is 17.8. The van der Waals surface area contributed by atoms with E-state index in [9.17, 15) is 17.6 Å². The van der Waals surface area contributed by atoms with Gasteiger partial charge in [-0.1, -0.05) is 24.3 Å². The first kappa shape index (κ1) is 21.4. The van der Waals surface area contributed by atoms with E-state index in [1.807, 2.05) is 4.90 Å². The summed E-state index contributed by atoms with van der Waals surface area (Å²) >= 11 is 0. The van der Waals surface area contributed by atoms with Crippen molar-refractivity contribution in [2.75, 3.05) is 32.8 Å². The van der Waals surface area contributed by atoms with Crippen molar-refractivity contribution in [2.45, 2.75) is 17.4 Å². The van der Waals surface area contributed by atoms with E-state index < -0.39 is 10.0 Å². The van der Waals surface area contributed by atoms with Gasteiger partial charge in [0.25, 0.3) is 0 Å². The average Bonchev–Trinajstić information content (AvgIpc) is 2.68. The number of nitrogens with two attached hydrogens (primary N) is 1. The van der Waals surface area contributed by atoms with Gasteiger partial charge in [-0.05, 0) is 41.8 Å². The van der Waals surface area contributed by atoms with Crippen LogP contribution in [0, 0.1) is 5.82 Å². The van der Waals surface area contributed by atoms with E-state index in [4.69, 9.17) is 9.88 Å². The average molecular weight is 421 g/mol. The van der Waals surface area contributed by atoms with Gasteiger partial charge in [-0.25, -0.2) is 17.9 Å². The minimum Gasteiger partial charge on any atom is -0.371 e. The van der Waals surface area contributed by atoms with Crippen LogP contribution in [-0.2, 0) is 26.0 Å². The molecule has 3 rings (SSSR count). The van der Waals surface area contributed by atoms with E-state index in [1.165, 1.54) is 24.3 Å². The van der Waals surface area contributed by atoms with Gasteiger partial charge in [-0.15, -0.1) is 0 Å². The number of nitrogens with zero attached hydrogens (tertiary/aromatic N) is 1. The largest absolute Gasteiger partial charge is 0.371 e. The molecule has 1 aliphatic rings. The van der Waals surface area contributed by atoms with E-state index in [2.05, 4.69) is 5.32 Å². The summed E-state index contributed by atoms with van der Waals surface area (Å²) in [5.41, 5.74) is 1.79. The van der Waals surface area contributed by atoms with Crippen LogP contribution in [0.5, 0.6) is 0 Å². The maximum atomic E-state index is 13.1. The smallest absolute Gasteiger partial charge is 0.238 e. The van der Waals surface area contributed by atoms with Gasteiger partial charge in [0.1, 0.15) is 5.82 Å². The first-order valence-electron chi connectivity index (χ1n) is 9.29.